The number of hydrogen-bond acceptors (Lipinski definition) is 4. The highest BCUT2D eigenvalue weighted by atomic mass is 32.1. The Bertz CT molecular complexity index is 496. The van der Waals surface area contributed by atoms with Crippen LogP contribution in [0.5, 0.6) is 0 Å². The zero-order chi connectivity index (χ0) is 11.7. The first kappa shape index (κ1) is 10.7. The fourth-order valence-corrected chi connectivity index (χ4v) is 3.05. The molecule has 4 heteroatoms. The summed E-state index contributed by atoms with van der Waals surface area (Å²) in [5.41, 5.74) is 2.93. The average molecular weight is 245 g/mol. The summed E-state index contributed by atoms with van der Waals surface area (Å²) in [6, 6.07) is 9.14. The fourth-order valence-electron chi connectivity index (χ4n) is 2.29. The number of anilines is 1. The van der Waals surface area contributed by atoms with Crippen LogP contribution in [0.25, 0.3) is 0 Å². The SMILES string of the molecule is CCc1nnc(NC2Cc3ccccc3C2)s1. The van der Waals surface area contributed by atoms with E-state index in [1.165, 1.54) is 11.1 Å². The van der Waals surface area contributed by atoms with Gasteiger partial charge < -0.3 is 5.32 Å². The maximum Gasteiger partial charge on any atom is 0.205 e. The average Bonchev–Trinajstić information content (AvgIpc) is 2.94. The van der Waals surface area contributed by atoms with E-state index in [0.29, 0.717) is 6.04 Å². The molecule has 2 aromatic rings. The van der Waals surface area contributed by atoms with Gasteiger partial charge in [-0.25, -0.2) is 0 Å². The molecule has 0 atom stereocenters. The molecule has 88 valence electrons. The highest BCUT2D eigenvalue weighted by molar-refractivity contribution is 7.15. The highest BCUT2D eigenvalue weighted by Gasteiger charge is 2.21. The number of nitrogens with zero attached hydrogens (tertiary/aromatic N) is 2. The van der Waals surface area contributed by atoms with Gasteiger partial charge in [0, 0.05) is 6.04 Å². The van der Waals surface area contributed by atoms with Crippen molar-refractivity contribution in [2.75, 3.05) is 5.32 Å². The Morgan fingerprint density at radius 1 is 1.24 bits per heavy atom. The number of hydrogen-bond donors (Lipinski definition) is 1. The van der Waals surface area contributed by atoms with Crippen LogP contribution in [0.15, 0.2) is 24.3 Å². The van der Waals surface area contributed by atoms with Crippen LogP contribution < -0.4 is 5.32 Å². The van der Waals surface area contributed by atoms with Gasteiger partial charge in [-0.3, -0.25) is 0 Å². The molecular weight excluding hydrogens is 230 g/mol. The number of aryl methyl sites for hydroxylation is 1. The monoisotopic (exact) mass is 245 g/mol. The summed E-state index contributed by atoms with van der Waals surface area (Å²) in [7, 11) is 0. The van der Waals surface area contributed by atoms with E-state index in [1.54, 1.807) is 11.3 Å². The van der Waals surface area contributed by atoms with Gasteiger partial charge in [0.15, 0.2) is 0 Å². The molecule has 1 heterocycles. The summed E-state index contributed by atoms with van der Waals surface area (Å²) in [5.74, 6) is 0. The molecule has 0 spiro atoms. The smallest absolute Gasteiger partial charge is 0.205 e. The second-order valence-corrected chi connectivity index (χ2v) is 5.43. The molecular formula is C13H15N3S. The maximum atomic E-state index is 4.17. The van der Waals surface area contributed by atoms with Gasteiger partial charge in [-0.15, -0.1) is 10.2 Å². The van der Waals surface area contributed by atoms with Gasteiger partial charge in [-0.1, -0.05) is 42.5 Å². The molecule has 1 aromatic heterocycles. The molecule has 1 aromatic carbocycles. The molecule has 0 fully saturated rings. The van der Waals surface area contributed by atoms with E-state index in [4.69, 9.17) is 0 Å². The predicted molar refractivity (Wildman–Crippen MR) is 70.5 cm³/mol. The second kappa shape index (κ2) is 4.45. The minimum Gasteiger partial charge on any atom is -0.357 e. The molecule has 1 N–H and O–H groups in total. The van der Waals surface area contributed by atoms with Gasteiger partial charge in [0.2, 0.25) is 5.13 Å². The van der Waals surface area contributed by atoms with E-state index >= 15 is 0 Å². The topological polar surface area (TPSA) is 37.8 Å². The first-order valence-electron chi connectivity index (χ1n) is 6.01. The van der Waals surface area contributed by atoms with Gasteiger partial charge in [-0.2, -0.15) is 0 Å². The summed E-state index contributed by atoms with van der Waals surface area (Å²) >= 11 is 1.67. The molecule has 0 aliphatic heterocycles. The molecule has 0 unspecified atom stereocenters. The van der Waals surface area contributed by atoms with E-state index in [-0.39, 0.29) is 0 Å². The lowest BCUT2D eigenvalue weighted by molar-refractivity contribution is 0.769. The van der Waals surface area contributed by atoms with Crippen molar-refractivity contribution in [3.8, 4) is 0 Å². The number of aromatic nitrogens is 2. The summed E-state index contributed by atoms with van der Waals surface area (Å²) in [6.07, 6.45) is 3.15. The van der Waals surface area contributed by atoms with Crippen molar-refractivity contribution in [2.45, 2.75) is 32.2 Å². The highest BCUT2D eigenvalue weighted by Crippen LogP contribution is 2.25. The van der Waals surface area contributed by atoms with E-state index in [0.717, 1.165) is 29.4 Å². The Morgan fingerprint density at radius 2 is 1.94 bits per heavy atom. The Morgan fingerprint density at radius 3 is 2.53 bits per heavy atom. The van der Waals surface area contributed by atoms with Gasteiger partial charge in [-0.05, 0) is 30.4 Å². The Balaban J connectivity index is 1.69. The van der Waals surface area contributed by atoms with Crippen molar-refractivity contribution >= 4 is 16.5 Å². The van der Waals surface area contributed by atoms with Crippen molar-refractivity contribution in [3.63, 3.8) is 0 Å². The van der Waals surface area contributed by atoms with Crippen LogP contribution in [0, 0.1) is 0 Å². The second-order valence-electron chi connectivity index (χ2n) is 4.37. The molecule has 3 rings (SSSR count). The standard InChI is InChI=1S/C13H15N3S/c1-2-12-15-16-13(17-12)14-11-7-9-5-3-4-6-10(9)8-11/h3-6,11H,2,7-8H2,1H3,(H,14,16). The predicted octanol–water partition coefficient (Wildman–Crippen LogP) is 2.68. The minimum atomic E-state index is 0.477. The molecule has 0 radical (unpaired) electrons. The Kier molecular flexibility index (Phi) is 2.81. The lowest BCUT2D eigenvalue weighted by Crippen LogP contribution is -2.19. The molecule has 0 saturated carbocycles. The van der Waals surface area contributed by atoms with Crippen molar-refractivity contribution in [1.82, 2.24) is 10.2 Å². The van der Waals surface area contributed by atoms with Crippen LogP contribution in [0.4, 0.5) is 5.13 Å². The number of nitrogens with one attached hydrogen (secondary N) is 1. The number of benzene rings is 1. The molecule has 17 heavy (non-hydrogen) atoms. The van der Waals surface area contributed by atoms with Gasteiger partial charge in [0.25, 0.3) is 0 Å². The van der Waals surface area contributed by atoms with Crippen molar-refractivity contribution < 1.29 is 0 Å². The lowest BCUT2D eigenvalue weighted by Gasteiger charge is -2.09. The van der Waals surface area contributed by atoms with Gasteiger partial charge in [0.05, 0.1) is 0 Å². The molecule has 0 amide bonds. The van der Waals surface area contributed by atoms with Crippen LogP contribution >= 0.6 is 11.3 Å². The third kappa shape index (κ3) is 2.17. The molecule has 3 nitrogen and oxygen atoms in total. The first-order valence-corrected chi connectivity index (χ1v) is 6.82. The maximum absolute atomic E-state index is 4.17. The van der Waals surface area contributed by atoms with Crippen molar-refractivity contribution in [2.24, 2.45) is 0 Å². The third-order valence-electron chi connectivity index (χ3n) is 3.15. The quantitative estimate of drug-likeness (QED) is 0.903. The van der Waals surface area contributed by atoms with Crippen molar-refractivity contribution in [1.29, 1.82) is 0 Å². The minimum absolute atomic E-state index is 0.477. The van der Waals surface area contributed by atoms with Gasteiger partial charge in [0.1, 0.15) is 5.01 Å². The van der Waals surface area contributed by atoms with Crippen molar-refractivity contribution in [3.05, 3.63) is 40.4 Å². The van der Waals surface area contributed by atoms with E-state index in [9.17, 15) is 0 Å². The Labute approximate surface area is 105 Å². The normalized spacial score (nSPS) is 14.9. The molecule has 0 saturated heterocycles. The van der Waals surface area contributed by atoms with E-state index in [2.05, 4.69) is 46.7 Å². The Hall–Kier alpha value is -1.42. The third-order valence-corrected chi connectivity index (χ3v) is 4.15. The van der Waals surface area contributed by atoms with Gasteiger partial charge >= 0.3 is 0 Å². The summed E-state index contributed by atoms with van der Waals surface area (Å²) in [5, 5.41) is 13.8. The van der Waals surface area contributed by atoms with Crippen LogP contribution in [0.2, 0.25) is 0 Å². The zero-order valence-corrected chi connectivity index (χ0v) is 10.6. The van der Waals surface area contributed by atoms with Crippen LogP contribution in [-0.4, -0.2) is 16.2 Å². The summed E-state index contributed by atoms with van der Waals surface area (Å²) in [6.45, 7) is 2.11. The molecule has 1 aliphatic rings. The zero-order valence-electron chi connectivity index (χ0n) is 9.81. The number of fused-ring (bicyclic) bond motifs is 1. The van der Waals surface area contributed by atoms with Crippen LogP contribution in [0.1, 0.15) is 23.1 Å². The van der Waals surface area contributed by atoms with Crippen LogP contribution in [0.3, 0.4) is 0 Å². The van der Waals surface area contributed by atoms with E-state index < -0.39 is 0 Å². The summed E-state index contributed by atoms with van der Waals surface area (Å²) in [4.78, 5) is 0. The fraction of sp³-hybridized carbons (Fsp3) is 0.385. The number of rotatable bonds is 3. The first-order chi connectivity index (χ1) is 8.35. The molecule has 0 bridgehead atoms. The largest absolute Gasteiger partial charge is 0.357 e. The van der Waals surface area contributed by atoms with Crippen LogP contribution in [-0.2, 0) is 19.3 Å². The van der Waals surface area contributed by atoms with E-state index in [1.807, 2.05) is 0 Å². The lowest BCUT2D eigenvalue weighted by atomic mass is 10.1. The molecule has 1 aliphatic carbocycles. The summed E-state index contributed by atoms with van der Waals surface area (Å²) < 4.78 is 0.